The van der Waals surface area contributed by atoms with Gasteiger partial charge in [-0.25, -0.2) is 0 Å². The molecule has 0 spiro atoms. The summed E-state index contributed by atoms with van der Waals surface area (Å²) in [5.74, 6) is -1.21. The Bertz CT molecular complexity index is 71.7. The van der Waals surface area contributed by atoms with Crippen LogP contribution in [0, 0.1) is 0 Å². The molecule has 0 bridgehead atoms. The van der Waals surface area contributed by atoms with Gasteiger partial charge in [-0.2, -0.15) is 0 Å². The van der Waals surface area contributed by atoms with Gasteiger partial charge < -0.3 is 15.3 Å². The molecule has 50 valence electrons. The topological polar surface area (TPSA) is 77.8 Å². The van der Waals surface area contributed by atoms with E-state index in [0.29, 0.717) is 0 Å². The number of aliphatic carboxylic acids is 1. The summed E-state index contributed by atoms with van der Waals surface area (Å²) in [6, 6.07) is 0. The number of carboxylic acids is 1. The molecular weight excluding hydrogens is 309 g/mol. The molecular formula is C3H9BiO4. The number of aliphatic hydroxyl groups is 2. The summed E-state index contributed by atoms with van der Waals surface area (Å²) >= 11 is 0. The van der Waals surface area contributed by atoms with Crippen LogP contribution in [0.1, 0.15) is 6.42 Å². The van der Waals surface area contributed by atoms with Crippen molar-refractivity contribution in [2.75, 3.05) is 0 Å². The second-order valence-electron chi connectivity index (χ2n) is 1.08. The Labute approximate surface area is 65.3 Å². The Balaban J connectivity index is 0. The first-order valence-corrected chi connectivity index (χ1v) is 1.71. The van der Waals surface area contributed by atoms with Gasteiger partial charge in [-0.3, -0.25) is 4.79 Å². The van der Waals surface area contributed by atoms with Crippen molar-refractivity contribution >= 4 is 32.2 Å². The van der Waals surface area contributed by atoms with E-state index < -0.39 is 18.7 Å². The molecule has 3 N–H and O–H groups in total. The third kappa shape index (κ3) is 9.55. The van der Waals surface area contributed by atoms with E-state index in [0.717, 1.165) is 0 Å². The molecule has 0 aromatic carbocycles. The van der Waals surface area contributed by atoms with Gasteiger partial charge in [-0.05, 0) is 0 Å². The standard InChI is InChI=1S/C3H6O4.Bi.3H/c4-2(5)1-3(6)7;;;;/h2,4-5H,1H2,(H,6,7);;;;. The molecule has 0 atom stereocenters. The predicted molar refractivity (Wildman–Crippen MR) is 30.4 cm³/mol. The molecule has 0 fully saturated rings. The van der Waals surface area contributed by atoms with Gasteiger partial charge in [0.15, 0.2) is 6.29 Å². The number of carboxylic acid groups (broad SMARTS) is 1. The normalized spacial score (nSPS) is 8.38. The zero-order valence-electron chi connectivity index (χ0n) is 4.24. The Morgan fingerprint density at radius 2 is 1.88 bits per heavy atom. The van der Waals surface area contributed by atoms with Crippen LogP contribution >= 0.6 is 0 Å². The van der Waals surface area contributed by atoms with Crippen molar-refractivity contribution in [2.45, 2.75) is 12.7 Å². The van der Waals surface area contributed by atoms with Gasteiger partial charge in [-0.1, -0.05) is 0 Å². The first kappa shape index (κ1) is 11.1. The van der Waals surface area contributed by atoms with E-state index in [2.05, 4.69) is 0 Å². The van der Waals surface area contributed by atoms with E-state index in [1.54, 1.807) is 0 Å². The third-order valence-electron chi connectivity index (χ3n) is 0.357. The minimum atomic E-state index is -1.72. The molecule has 0 amide bonds. The van der Waals surface area contributed by atoms with Gasteiger partial charge in [0.05, 0.1) is 6.42 Å². The van der Waals surface area contributed by atoms with Crippen LogP contribution in [0.5, 0.6) is 0 Å². The maximum absolute atomic E-state index is 9.49. The van der Waals surface area contributed by atoms with Crippen LogP contribution in [0.15, 0.2) is 0 Å². The number of hydrogen-bond acceptors (Lipinski definition) is 3. The molecule has 4 nitrogen and oxygen atoms in total. The van der Waals surface area contributed by atoms with Crippen LogP contribution in [-0.4, -0.2) is 53.8 Å². The van der Waals surface area contributed by atoms with Crippen molar-refractivity contribution in [3.05, 3.63) is 0 Å². The van der Waals surface area contributed by atoms with Crippen LogP contribution in [0.2, 0.25) is 0 Å². The number of aliphatic hydroxyl groups excluding tert-OH is 1. The van der Waals surface area contributed by atoms with Crippen LogP contribution < -0.4 is 0 Å². The van der Waals surface area contributed by atoms with Crippen molar-refractivity contribution in [3.8, 4) is 0 Å². The molecule has 0 aliphatic carbocycles. The van der Waals surface area contributed by atoms with E-state index in [-0.39, 0.29) is 26.2 Å². The molecule has 0 saturated carbocycles. The Morgan fingerprint density at radius 1 is 1.50 bits per heavy atom. The van der Waals surface area contributed by atoms with Crippen LogP contribution in [0.4, 0.5) is 0 Å². The summed E-state index contributed by atoms with van der Waals surface area (Å²) in [5.41, 5.74) is 0. The molecule has 0 rings (SSSR count). The molecule has 0 heterocycles. The third-order valence-corrected chi connectivity index (χ3v) is 0.357. The summed E-state index contributed by atoms with van der Waals surface area (Å²) < 4.78 is 0. The van der Waals surface area contributed by atoms with Crippen LogP contribution in [0.25, 0.3) is 0 Å². The van der Waals surface area contributed by atoms with E-state index >= 15 is 0 Å². The maximum atomic E-state index is 9.49. The van der Waals surface area contributed by atoms with Gasteiger partial charge >= 0.3 is 32.2 Å². The fraction of sp³-hybridized carbons (Fsp3) is 0.667. The number of carbonyl (C=O) groups is 1. The van der Waals surface area contributed by atoms with Gasteiger partial charge in [-0.15, -0.1) is 0 Å². The van der Waals surface area contributed by atoms with E-state index in [4.69, 9.17) is 15.3 Å². The molecule has 0 aromatic heterocycles. The number of rotatable bonds is 2. The van der Waals surface area contributed by atoms with Crippen molar-refractivity contribution in [1.29, 1.82) is 0 Å². The predicted octanol–water partition coefficient (Wildman–Crippen LogP) is -2.41. The zero-order valence-corrected chi connectivity index (χ0v) is 9.74. The van der Waals surface area contributed by atoms with Crippen LogP contribution in [0.3, 0.4) is 0 Å². The SMILES string of the molecule is O=C(O)CC(O)O.[BiH3]. The Morgan fingerprint density at radius 3 is 1.88 bits per heavy atom. The van der Waals surface area contributed by atoms with E-state index in [9.17, 15) is 4.79 Å². The molecule has 8 heavy (non-hydrogen) atoms. The fourth-order valence-corrected chi connectivity index (χ4v) is 0.156. The van der Waals surface area contributed by atoms with Gasteiger partial charge in [0.1, 0.15) is 0 Å². The molecule has 0 unspecified atom stereocenters. The number of hydrogen-bond donors (Lipinski definition) is 3. The van der Waals surface area contributed by atoms with E-state index in [1.807, 2.05) is 0 Å². The van der Waals surface area contributed by atoms with Crippen molar-refractivity contribution in [2.24, 2.45) is 0 Å². The summed E-state index contributed by atoms with van der Waals surface area (Å²) in [4.78, 5) is 9.49. The summed E-state index contributed by atoms with van der Waals surface area (Å²) in [6.07, 6.45) is -2.34. The van der Waals surface area contributed by atoms with Crippen LogP contribution in [-0.2, 0) is 4.79 Å². The van der Waals surface area contributed by atoms with Gasteiger partial charge in [0.2, 0.25) is 0 Å². The molecule has 0 radical (unpaired) electrons. The monoisotopic (exact) mass is 318 g/mol. The van der Waals surface area contributed by atoms with Gasteiger partial charge in [0, 0.05) is 0 Å². The second-order valence-corrected chi connectivity index (χ2v) is 1.08. The second kappa shape index (κ2) is 5.41. The Hall–Kier alpha value is 0.273. The first-order valence-electron chi connectivity index (χ1n) is 1.71. The van der Waals surface area contributed by atoms with Gasteiger partial charge in [0.25, 0.3) is 0 Å². The Kier molecular flexibility index (Phi) is 7.52. The molecule has 0 aliphatic rings. The van der Waals surface area contributed by atoms with Crippen molar-refractivity contribution in [3.63, 3.8) is 0 Å². The average Bonchev–Trinajstić information content (AvgIpc) is 1.27. The van der Waals surface area contributed by atoms with E-state index in [1.165, 1.54) is 0 Å². The summed E-state index contributed by atoms with van der Waals surface area (Å²) in [7, 11) is 0. The molecule has 0 aromatic rings. The van der Waals surface area contributed by atoms with Crippen molar-refractivity contribution in [1.82, 2.24) is 0 Å². The minimum absolute atomic E-state index is 0. The fourth-order valence-electron chi connectivity index (χ4n) is 0.156. The average molecular weight is 318 g/mol. The summed E-state index contributed by atoms with van der Waals surface area (Å²) in [6.45, 7) is 0. The summed E-state index contributed by atoms with van der Waals surface area (Å²) in [5, 5.41) is 23.6. The molecule has 5 heteroatoms. The molecule has 0 aliphatic heterocycles. The zero-order chi connectivity index (χ0) is 5.86. The first-order chi connectivity index (χ1) is 3.13. The quantitative estimate of drug-likeness (QED) is 0.391. The molecule has 0 saturated heterocycles. The van der Waals surface area contributed by atoms with Crippen molar-refractivity contribution < 1.29 is 20.1 Å².